The van der Waals surface area contributed by atoms with Gasteiger partial charge in [0.25, 0.3) is 0 Å². The van der Waals surface area contributed by atoms with E-state index in [1.165, 1.54) is 7.11 Å². The summed E-state index contributed by atoms with van der Waals surface area (Å²) in [6, 6.07) is 7.83. The molecule has 182 valence electrons. The molecule has 1 N–H and O–H groups in total. The molecule has 9 heteroatoms. The number of carbonyl (C=O) groups is 3. The van der Waals surface area contributed by atoms with Gasteiger partial charge in [0, 0.05) is 43.5 Å². The first-order valence-electron chi connectivity index (χ1n) is 11.6. The van der Waals surface area contributed by atoms with Crippen LogP contribution in [0.25, 0.3) is 0 Å². The Morgan fingerprint density at radius 1 is 0.970 bits per heavy atom. The predicted molar refractivity (Wildman–Crippen MR) is 126 cm³/mol. The van der Waals surface area contributed by atoms with Crippen LogP contribution in [0.1, 0.15) is 33.6 Å². The van der Waals surface area contributed by atoms with Crippen molar-refractivity contribution in [3.8, 4) is 0 Å². The second-order valence-corrected chi connectivity index (χ2v) is 9.62. The van der Waals surface area contributed by atoms with E-state index < -0.39 is 5.60 Å². The molecule has 0 saturated carbocycles. The Kier molecular flexibility index (Phi) is 8.18. The fourth-order valence-electron chi connectivity index (χ4n) is 4.07. The lowest BCUT2D eigenvalue weighted by Crippen LogP contribution is -2.50. The van der Waals surface area contributed by atoms with Crippen LogP contribution in [0.2, 0.25) is 0 Å². The van der Waals surface area contributed by atoms with Gasteiger partial charge in [0.05, 0.1) is 13.7 Å². The van der Waals surface area contributed by atoms with Gasteiger partial charge in [-0.2, -0.15) is 0 Å². The Hall–Kier alpha value is -2.81. The number of nitrogens with one attached hydrogen (secondary N) is 1. The van der Waals surface area contributed by atoms with E-state index >= 15 is 0 Å². The molecule has 33 heavy (non-hydrogen) atoms. The molecular weight excluding hydrogens is 424 g/mol. The van der Waals surface area contributed by atoms with Crippen LogP contribution in [0.5, 0.6) is 0 Å². The summed E-state index contributed by atoms with van der Waals surface area (Å²) in [5.74, 6) is -0.282. The second kappa shape index (κ2) is 10.9. The van der Waals surface area contributed by atoms with Crippen LogP contribution in [0.3, 0.4) is 0 Å². The van der Waals surface area contributed by atoms with Gasteiger partial charge in [-0.05, 0) is 71.0 Å². The van der Waals surface area contributed by atoms with Crippen molar-refractivity contribution in [1.29, 1.82) is 0 Å². The number of esters is 1. The molecule has 0 aromatic heterocycles. The number of hydrogen-bond acceptors (Lipinski definition) is 7. The van der Waals surface area contributed by atoms with Crippen molar-refractivity contribution in [2.45, 2.75) is 39.2 Å². The molecule has 2 heterocycles. The predicted octanol–water partition coefficient (Wildman–Crippen LogP) is 2.57. The molecular formula is C24H36N4O5. The number of carbonyl (C=O) groups excluding carboxylic acids is 3. The maximum Gasteiger partial charge on any atom is 0.410 e. The highest BCUT2D eigenvalue weighted by atomic mass is 16.6. The molecule has 1 aromatic carbocycles. The average Bonchev–Trinajstić information content (AvgIpc) is 2.79. The second-order valence-electron chi connectivity index (χ2n) is 9.62. The molecule has 2 amide bonds. The summed E-state index contributed by atoms with van der Waals surface area (Å²) in [6.45, 7) is 10.00. The van der Waals surface area contributed by atoms with Crippen LogP contribution in [0, 0.1) is 5.92 Å². The maximum atomic E-state index is 12.7. The lowest BCUT2D eigenvalue weighted by Gasteiger charge is -2.36. The van der Waals surface area contributed by atoms with Crippen LogP contribution < -0.4 is 10.2 Å². The Labute approximate surface area is 196 Å². The van der Waals surface area contributed by atoms with Gasteiger partial charge in [-0.1, -0.05) is 0 Å². The molecule has 9 nitrogen and oxygen atoms in total. The fourth-order valence-corrected chi connectivity index (χ4v) is 4.07. The van der Waals surface area contributed by atoms with Crippen molar-refractivity contribution in [1.82, 2.24) is 9.80 Å². The molecule has 2 fully saturated rings. The Morgan fingerprint density at radius 3 is 2.12 bits per heavy atom. The molecule has 2 saturated heterocycles. The van der Waals surface area contributed by atoms with E-state index in [2.05, 4.69) is 10.2 Å². The maximum absolute atomic E-state index is 12.7. The van der Waals surface area contributed by atoms with Crippen LogP contribution in [0.4, 0.5) is 16.2 Å². The largest absolute Gasteiger partial charge is 0.468 e. The van der Waals surface area contributed by atoms with Gasteiger partial charge in [0.1, 0.15) is 5.60 Å². The smallest absolute Gasteiger partial charge is 0.410 e. The normalized spacial score (nSPS) is 18.1. The Morgan fingerprint density at radius 2 is 1.58 bits per heavy atom. The number of methoxy groups -OCH3 is 1. The first-order valence-corrected chi connectivity index (χ1v) is 11.6. The number of hydrogen-bond donors (Lipinski definition) is 1. The standard InChI is InChI=1S/C24H36N4O5/c1-24(2,3)33-23(31)28-15-13-27(14-16-28)20-7-5-19(6-8-20)25-22(30)18-9-11-26(12-10-18)17-21(29)32-4/h5-8,18H,9-17H2,1-4H3,(H,25,30). The van der Waals surface area contributed by atoms with E-state index in [0.717, 1.165) is 37.3 Å². The van der Waals surface area contributed by atoms with Crippen molar-refractivity contribution < 1.29 is 23.9 Å². The third-order valence-electron chi connectivity index (χ3n) is 5.97. The topological polar surface area (TPSA) is 91.4 Å². The number of piperazine rings is 1. The molecule has 0 unspecified atom stereocenters. The third-order valence-corrected chi connectivity index (χ3v) is 5.97. The number of piperidine rings is 1. The van der Waals surface area contributed by atoms with Gasteiger partial charge in [0.15, 0.2) is 0 Å². The molecule has 0 atom stereocenters. The molecule has 3 rings (SSSR count). The number of rotatable bonds is 5. The highest BCUT2D eigenvalue weighted by Gasteiger charge is 2.27. The first-order chi connectivity index (χ1) is 15.6. The minimum atomic E-state index is -0.492. The molecule has 1 aromatic rings. The van der Waals surface area contributed by atoms with Gasteiger partial charge in [0.2, 0.25) is 5.91 Å². The van der Waals surface area contributed by atoms with Gasteiger partial charge in [-0.15, -0.1) is 0 Å². The lowest BCUT2D eigenvalue weighted by molar-refractivity contribution is -0.142. The zero-order valence-corrected chi connectivity index (χ0v) is 20.1. The van der Waals surface area contributed by atoms with E-state index in [4.69, 9.17) is 9.47 Å². The van der Waals surface area contributed by atoms with E-state index in [1.54, 1.807) is 4.90 Å². The highest BCUT2D eigenvalue weighted by Crippen LogP contribution is 2.23. The summed E-state index contributed by atoms with van der Waals surface area (Å²) in [5.41, 5.74) is 1.34. The highest BCUT2D eigenvalue weighted by molar-refractivity contribution is 5.92. The molecule has 2 aliphatic rings. The Bertz CT molecular complexity index is 820. The van der Waals surface area contributed by atoms with Crippen molar-refractivity contribution in [2.75, 3.05) is 63.1 Å². The minimum absolute atomic E-state index is 0.0199. The van der Waals surface area contributed by atoms with E-state index in [-0.39, 0.29) is 30.4 Å². The van der Waals surface area contributed by atoms with E-state index in [9.17, 15) is 14.4 Å². The minimum Gasteiger partial charge on any atom is -0.468 e. The molecule has 0 radical (unpaired) electrons. The van der Waals surface area contributed by atoms with Crippen LogP contribution in [0.15, 0.2) is 24.3 Å². The van der Waals surface area contributed by atoms with Gasteiger partial charge < -0.3 is 24.6 Å². The zero-order valence-electron chi connectivity index (χ0n) is 20.1. The summed E-state index contributed by atoms with van der Waals surface area (Å²) in [4.78, 5) is 42.3. The first kappa shape index (κ1) is 24.8. The number of likely N-dealkylation sites (tertiary alicyclic amines) is 1. The van der Waals surface area contributed by atoms with Crippen molar-refractivity contribution >= 4 is 29.3 Å². The molecule has 2 aliphatic heterocycles. The van der Waals surface area contributed by atoms with Crippen LogP contribution in [-0.4, -0.2) is 86.3 Å². The van der Waals surface area contributed by atoms with Crippen LogP contribution in [-0.2, 0) is 19.1 Å². The SMILES string of the molecule is COC(=O)CN1CCC(C(=O)Nc2ccc(N3CCN(C(=O)OC(C)(C)C)CC3)cc2)CC1. The van der Waals surface area contributed by atoms with E-state index in [1.807, 2.05) is 49.9 Å². The van der Waals surface area contributed by atoms with Gasteiger partial charge in [-0.25, -0.2) is 4.79 Å². The molecule has 0 spiro atoms. The van der Waals surface area contributed by atoms with Crippen molar-refractivity contribution in [2.24, 2.45) is 5.92 Å². The lowest BCUT2D eigenvalue weighted by atomic mass is 9.96. The third kappa shape index (κ3) is 7.35. The molecule has 0 bridgehead atoms. The fraction of sp³-hybridized carbons (Fsp3) is 0.625. The van der Waals surface area contributed by atoms with Crippen molar-refractivity contribution in [3.63, 3.8) is 0 Å². The molecule has 0 aliphatic carbocycles. The summed E-state index contributed by atoms with van der Waals surface area (Å²) in [6.07, 6.45) is 1.18. The number of ether oxygens (including phenoxy) is 2. The summed E-state index contributed by atoms with van der Waals surface area (Å²) in [7, 11) is 1.39. The number of nitrogens with zero attached hydrogens (tertiary/aromatic N) is 3. The number of amides is 2. The van der Waals surface area contributed by atoms with Crippen molar-refractivity contribution in [3.05, 3.63) is 24.3 Å². The number of anilines is 2. The summed E-state index contributed by atoms with van der Waals surface area (Å²) < 4.78 is 10.2. The monoisotopic (exact) mass is 460 g/mol. The Balaban J connectivity index is 1.44. The average molecular weight is 461 g/mol. The van der Waals surface area contributed by atoms with Gasteiger partial charge >= 0.3 is 12.1 Å². The quantitative estimate of drug-likeness (QED) is 0.675. The number of benzene rings is 1. The van der Waals surface area contributed by atoms with Crippen LogP contribution >= 0.6 is 0 Å². The van der Waals surface area contributed by atoms with Gasteiger partial charge in [-0.3, -0.25) is 14.5 Å². The van der Waals surface area contributed by atoms with E-state index in [0.29, 0.717) is 26.2 Å². The summed E-state index contributed by atoms with van der Waals surface area (Å²) >= 11 is 0. The summed E-state index contributed by atoms with van der Waals surface area (Å²) in [5, 5.41) is 3.02. The zero-order chi connectivity index (χ0) is 24.0.